The van der Waals surface area contributed by atoms with Crippen molar-refractivity contribution in [1.82, 2.24) is 20.2 Å². The summed E-state index contributed by atoms with van der Waals surface area (Å²) in [5.74, 6) is -0.271. The van der Waals surface area contributed by atoms with Crippen LogP contribution in [0, 0.1) is 0 Å². The topological polar surface area (TPSA) is 105 Å². The molecule has 7 aromatic carbocycles. The van der Waals surface area contributed by atoms with Crippen molar-refractivity contribution in [2.24, 2.45) is 0 Å². The SMILES string of the molecule is CC(C)(C)[Si](OC[C@H](C/C=C/[C@@H](CCS(=O)(=O)c1nnnn1-c1ccccc1)O[Si](c1ccccc1)(c1ccccc1)C(C)(C)C)O[Si](c1ccccc1)(c1ccccc1)C(C)(C)C)(c1ccccc1)c1ccccc1. The lowest BCUT2D eigenvalue weighted by molar-refractivity contribution is 0.115. The molecule has 1 heterocycles. The third kappa shape index (κ3) is 11.7. The summed E-state index contributed by atoms with van der Waals surface area (Å²) in [5, 5.41) is 17.7. The van der Waals surface area contributed by atoms with Gasteiger partial charge in [0.05, 0.1) is 30.3 Å². The van der Waals surface area contributed by atoms with E-state index in [0.717, 1.165) is 10.4 Å². The Bertz CT molecular complexity index is 3090. The maximum absolute atomic E-state index is 14.6. The molecule has 0 aliphatic carbocycles. The minimum Gasteiger partial charge on any atom is -0.405 e. The third-order valence-electron chi connectivity index (χ3n) is 14.5. The van der Waals surface area contributed by atoms with Crippen LogP contribution in [-0.4, -0.2) is 78.1 Å². The summed E-state index contributed by atoms with van der Waals surface area (Å²) in [7, 11) is -13.5. The maximum Gasteiger partial charge on any atom is 0.272 e. The molecule has 9 nitrogen and oxygen atoms in total. The van der Waals surface area contributed by atoms with E-state index in [0.29, 0.717) is 18.7 Å². The lowest BCUT2D eigenvalue weighted by Crippen LogP contribution is -2.69. The fourth-order valence-electron chi connectivity index (χ4n) is 11.0. The lowest BCUT2D eigenvalue weighted by Gasteiger charge is -2.47. The van der Waals surface area contributed by atoms with Crippen molar-refractivity contribution in [3.63, 3.8) is 0 Å². The zero-order valence-electron chi connectivity index (χ0n) is 45.6. The van der Waals surface area contributed by atoms with Gasteiger partial charge in [-0.05, 0) is 81.6 Å². The van der Waals surface area contributed by atoms with Crippen molar-refractivity contribution in [1.29, 1.82) is 0 Å². The van der Waals surface area contributed by atoms with Crippen LogP contribution < -0.4 is 31.1 Å². The van der Waals surface area contributed by atoms with E-state index in [2.05, 4.69) is 260 Å². The number of rotatable bonds is 21. The summed E-state index contributed by atoms with van der Waals surface area (Å²) in [6.45, 7) is 20.8. The van der Waals surface area contributed by atoms with E-state index in [9.17, 15) is 8.42 Å². The van der Waals surface area contributed by atoms with Crippen molar-refractivity contribution in [2.45, 2.75) is 108 Å². The molecule has 0 N–H and O–H groups in total. The number of tetrazole rings is 1. The molecular formula is C63H74N4O5SSi3. The number of hydrogen-bond acceptors (Lipinski definition) is 8. The van der Waals surface area contributed by atoms with Gasteiger partial charge in [-0.2, -0.15) is 4.68 Å². The molecule has 0 amide bonds. The van der Waals surface area contributed by atoms with E-state index >= 15 is 0 Å². The number of sulfone groups is 1. The second-order valence-electron chi connectivity index (χ2n) is 22.7. The van der Waals surface area contributed by atoms with E-state index in [-0.39, 0.29) is 27.4 Å². The van der Waals surface area contributed by atoms with Crippen LogP contribution in [0.15, 0.2) is 230 Å². The molecule has 2 atom stereocenters. The van der Waals surface area contributed by atoms with Crippen LogP contribution in [0.5, 0.6) is 0 Å². The van der Waals surface area contributed by atoms with Crippen molar-refractivity contribution in [3.05, 3.63) is 224 Å². The average Bonchev–Trinajstić information content (AvgIpc) is 3.94. The number of nitrogens with zero attached hydrogens (tertiary/aromatic N) is 4. The Morgan fingerprint density at radius 2 is 0.829 bits per heavy atom. The van der Waals surface area contributed by atoms with Crippen molar-refractivity contribution < 1.29 is 21.7 Å². The number of hydrogen-bond donors (Lipinski definition) is 0. The molecule has 0 bridgehead atoms. The van der Waals surface area contributed by atoms with Crippen LogP contribution in [0.4, 0.5) is 0 Å². The third-order valence-corrected chi connectivity index (χ3v) is 31.3. The zero-order valence-corrected chi connectivity index (χ0v) is 49.4. The Kier molecular flexibility index (Phi) is 17.4. The number of para-hydroxylation sites is 1. The molecule has 0 saturated heterocycles. The molecule has 0 spiro atoms. The summed E-state index contributed by atoms with van der Waals surface area (Å²) >= 11 is 0. The van der Waals surface area contributed by atoms with Crippen LogP contribution >= 0.6 is 0 Å². The van der Waals surface area contributed by atoms with E-state index < -0.39 is 52.0 Å². The van der Waals surface area contributed by atoms with Gasteiger partial charge in [0, 0.05) is 0 Å². The normalized spacial score (nSPS) is 13.9. The Hall–Kier alpha value is -6.17. The van der Waals surface area contributed by atoms with Crippen molar-refractivity contribution in [3.8, 4) is 5.69 Å². The van der Waals surface area contributed by atoms with E-state index in [1.54, 1.807) is 12.1 Å². The van der Waals surface area contributed by atoms with Gasteiger partial charge in [-0.1, -0.05) is 280 Å². The highest BCUT2D eigenvalue weighted by Gasteiger charge is 2.54. The lowest BCUT2D eigenvalue weighted by atomic mass is 10.2. The smallest absolute Gasteiger partial charge is 0.272 e. The van der Waals surface area contributed by atoms with Gasteiger partial charge in [-0.15, -0.1) is 0 Å². The van der Waals surface area contributed by atoms with Crippen LogP contribution in [0.1, 0.15) is 75.2 Å². The molecular weight excluding hydrogens is 1010 g/mol. The highest BCUT2D eigenvalue weighted by atomic mass is 32.2. The Morgan fingerprint density at radius 3 is 1.20 bits per heavy atom. The van der Waals surface area contributed by atoms with Gasteiger partial charge < -0.3 is 13.3 Å². The summed E-state index contributed by atoms with van der Waals surface area (Å²) in [6.07, 6.45) is 3.68. The molecule has 0 fully saturated rings. The molecule has 0 aliphatic rings. The maximum atomic E-state index is 14.6. The predicted octanol–water partition coefficient (Wildman–Crippen LogP) is 10.2. The van der Waals surface area contributed by atoms with Gasteiger partial charge in [0.2, 0.25) is 9.84 Å². The fraction of sp³-hybridized carbons (Fsp3) is 0.286. The highest BCUT2D eigenvalue weighted by Crippen LogP contribution is 2.41. The van der Waals surface area contributed by atoms with Gasteiger partial charge in [0.15, 0.2) is 0 Å². The molecule has 8 aromatic rings. The largest absolute Gasteiger partial charge is 0.405 e. The Balaban J connectivity index is 1.27. The molecule has 8 rings (SSSR count). The Labute approximate surface area is 455 Å². The minimum absolute atomic E-state index is 0.129. The van der Waals surface area contributed by atoms with Gasteiger partial charge in [0.1, 0.15) is 0 Å². The monoisotopic (exact) mass is 1080 g/mol. The van der Waals surface area contributed by atoms with Gasteiger partial charge in [0.25, 0.3) is 30.1 Å². The average molecular weight is 1080 g/mol. The molecule has 1 aromatic heterocycles. The molecule has 0 radical (unpaired) electrons. The highest BCUT2D eigenvalue weighted by molar-refractivity contribution is 7.91. The number of aromatic nitrogens is 4. The van der Waals surface area contributed by atoms with E-state index in [1.165, 1.54) is 25.4 Å². The second-order valence-corrected chi connectivity index (χ2v) is 37.5. The fourth-order valence-corrected chi connectivity index (χ4v) is 26.3. The summed E-state index contributed by atoms with van der Waals surface area (Å²) in [4.78, 5) is 0. The molecule has 394 valence electrons. The number of benzene rings is 7. The second kappa shape index (κ2) is 23.6. The van der Waals surface area contributed by atoms with Crippen LogP contribution in [-0.2, 0) is 23.1 Å². The Morgan fingerprint density at radius 1 is 0.487 bits per heavy atom. The molecule has 0 unspecified atom stereocenters. The van der Waals surface area contributed by atoms with E-state index in [4.69, 9.17) is 13.3 Å². The summed E-state index contributed by atoms with van der Waals surface area (Å²) in [5.41, 5.74) is 0.554. The zero-order chi connectivity index (χ0) is 54.1. The van der Waals surface area contributed by atoms with Crippen molar-refractivity contribution in [2.75, 3.05) is 12.4 Å². The quantitative estimate of drug-likeness (QED) is 0.0518. The van der Waals surface area contributed by atoms with Gasteiger partial charge >= 0.3 is 0 Å². The van der Waals surface area contributed by atoms with Crippen molar-refractivity contribution >= 4 is 65.9 Å². The predicted molar refractivity (Wildman–Crippen MR) is 318 cm³/mol. The van der Waals surface area contributed by atoms with Gasteiger partial charge in [-0.25, -0.2) is 8.42 Å². The standard InChI is InChI=1S/C63H74N4O5SSi3/c1-61(2,3)74(54-36-19-11-20-37-54,55-38-21-12-22-39-55)70-50-53(72-76(63(7,8)9,58-44-27-15-28-45-58)59-46-29-16-30-47-59)35-31-34-52(48-49-73(68,69)60-64-65-66-67(60)51-32-17-10-18-33-51)71-75(62(4,5)6,56-40-23-13-24-41-56)57-42-25-14-26-43-57/h10-34,36-47,52-53H,35,48-50H2,1-9H3/b34-31+/t52-,53-/m0/s1. The van der Waals surface area contributed by atoms with Crippen LogP contribution in [0.2, 0.25) is 15.1 Å². The van der Waals surface area contributed by atoms with Gasteiger partial charge in [-0.3, -0.25) is 0 Å². The first-order valence-electron chi connectivity index (χ1n) is 26.4. The first-order chi connectivity index (χ1) is 36.3. The van der Waals surface area contributed by atoms with Crippen LogP contribution in [0.3, 0.4) is 0 Å². The van der Waals surface area contributed by atoms with E-state index in [1.807, 2.05) is 30.3 Å². The minimum atomic E-state index is -4.05. The first-order valence-corrected chi connectivity index (χ1v) is 33.8. The first kappa shape index (κ1) is 56.0. The summed E-state index contributed by atoms with van der Waals surface area (Å²) in [6, 6.07) is 73.0. The summed E-state index contributed by atoms with van der Waals surface area (Å²) < 4.78 is 54.3. The molecule has 0 aliphatic heterocycles. The molecule has 0 saturated carbocycles. The van der Waals surface area contributed by atoms with Crippen LogP contribution in [0.25, 0.3) is 5.69 Å². The molecule has 13 heteroatoms. The molecule has 76 heavy (non-hydrogen) atoms.